The molecule has 1 aromatic carbocycles. The average Bonchev–Trinajstić information content (AvgIpc) is 2.42. The monoisotopic (exact) mass is 313 g/mol. The fourth-order valence-electron chi connectivity index (χ4n) is 2.20. The highest BCUT2D eigenvalue weighted by Crippen LogP contribution is 2.20. The van der Waals surface area contributed by atoms with E-state index in [0.717, 1.165) is 0 Å². The number of benzene rings is 1. The Bertz CT molecular complexity index is 593. The molecule has 3 N–H and O–H groups in total. The molecule has 2 atom stereocenters. The van der Waals surface area contributed by atoms with Crippen LogP contribution in [0.4, 0.5) is 0 Å². The summed E-state index contributed by atoms with van der Waals surface area (Å²) in [7, 11) is -5.10. The quantitative estimate of drug-likeness (QED) is 0.660. The minimum Gasteiger partial charge on any atom is -0.481 e. The molecule has 21 heavy (non-hydrogen) atoms. The first-order chi connectivity index (χ1) is 9.88. The zero-order valence-electron chi connectivity index (χ0n) is 11.2. The molecule has 0 bridgehead atoms. The second-order valence-corrected chi connectivity index (χ2v) is 6.58. The maximum absolute atomic E-state index is 12.1. The first-order valence-corrected chi connectivity index (χ1v) is 7.99. The van der Waals surface area contributed by atoms with E-state index in [2.05, 4.69) is 4.72 Å². The van der Waals surface area contributed by atoms with E-state index in [1.807, 2.05) is 0 Å². The average molecular weight is 313 g/mol. The first kappa shape index (κ1) is 16.0. The molecule has 1 aliphatic rings. The van der Waals surface area contributed by atoms with E-state index in [0.29, 0.717) is 12.8 Å². The second-order valence-electron chi connectivity index (χ2n) is 4.86. The molecule has 1 saturated heterocycles. The summed E-state index contributed by atoms with van der Waals surface area (Å²) >= 11 is 0. The molecular weight excluding hydrogens is 297 g/mol. The van der Waals surface area contributed by atoms with Crippen LogP contribution in [0.5, 0.6) is 0 Å². The Morgan fingerprint density at radius 1 is 1.33 bits per heavy atom. The molecule has 0 aliphatic carbocycles. The molecule has 114 valence electrons. The molecule has 0 spiro atoms. The number of hydrogen-bond acceptors (Lipinski definition) is 5. The van der Waals surface area contributed by atoms with Crippen LogP contribution in [0.2, 0.25) is 0 Å². The van der Waals surface area contributed by atoms with E-state index in [-0.39, 0.29) is 11.3 Å². The van der Waals surface area contributed by atoms with Crippen LogP contribution in [0.25, 0.3) is 0 Å². The van der Waals surface area contributed by atoms with Gasteiger partial charge in [0.05, 0.1) is 23.4 Å². The zero-order chi connectivity index (χ0) is 15.5. The highest BCUT2D eigenvalue weighted by Gasteiger charge is 2.38. The van der Waals surface area contributed by atoms with Crippen LogP contribution in [-0.2, 0) is 19.5 Å². The van der Waals surface area contributed by atoms with Crippen LogP contribution in [0, 0.1) is 0 Å². The summed E-state index contributed by atoms with van der Waals surface area (Å²) in [6, 6.07) is 7.81. The molecule has 0 aromatic heterocycles. The van der Waals surface area contributed by atoms with E-state index in [1.54, 1.807) is 18.2 Å². The molecule has 1 aromatic rings. The fourth-order valence-corrected chi connectivity index (χ4v) is 3.48. The summed E-state index contributed by atoms with van der Waals surface area (Å²) < 4.78 is 31.8. The SMILES string of the molecule is O=C(O)CC1CCC(NS(=O)(=O)c2ccccc2)B(O)O1. The van der Waals surface area contributed by atoms with Gasteiger partial charge in [0.1, 0.15) is 0 Å². The molecular formula is C12H16BNO6S. The fraction of sp³-hybridized carbons (Fsp3) is 0.417. The zero-order valence-corrected chi connectivity index (χ0v) is 12.0. The van der Waals surface area contributed by atoms with Gasteiger partial charge in [-0.05, 0) is 25.0 Å². The summed E-state index contributed by atoms with van der Waals surface area (Å²) in [6.07, 6.45) is -0.138. The van der Waals surface area contributed by atoms with Crippen molar-refractivity contribution in [3.63, 3.8) is 0 Å². The second kappa shape index (κ2) is 6.57. The number of sulfonamides is 1. The van der Waals surface area contributed by atoms with Gasteiger partial charge >= 0.3 is 13.1 Å². The van der Waals surface area contributed by atoms with Crippen LogP contribution < -0.4 is 4.72 Å². The van der Waals surface area contributed by atoms with Gasteiger partial charge in [0.25, 0.3) is 0 Å². The molecule has 2 rings (SSSR count). The third kappa shape index (κ3) is 4.27. The van der Waals surface area contributed by atoms with Crippen LogP contribution in [-0.4, -0.2) is 43.7 Å². The van der Waals surface area contributed by atoms with E-state index in [1.165, 1.54) is 12.1 Å². The van der Waals surface area contributed by atoms with Crippen molar-refractivity contribution < 1.29 is 28.0 Å². The maximum Gasteiger partial charge on any atom is 0.473 e. The number of aliphatic carboxylic acids is 1. The minimum atomic E-state index is -3.74. The third-order valence-electron chi connectivity index (χ3n) is 3.24. The predicted octanol–water partition coefficient (Wildman–Crippen LogP) is 0.00690. The van der Waals surface area contributed by atoms with E-state index < -0.39 is 35.2 Å². The number of carboxylic acid groups (broad SMARTS) is 1. The normalized spacial score (nSPS) is 23.0. The molecule has 2 unspecified atom stereocenters. The van der Waals surface area contributed by atoms with E-state index in [4.69, 9.17) is 9.76 Å². The van der Waals surface area contributed by atoms with Gasteiger partial charge in [-0.25, -0.2) is 13.1 Å². The topological polar surface area (TPSA) is 113 Å². The predicted molar refractivity (Wildman–Crippen MR) is 74.9 cm³/mol. The smallest absolute Gasteiger partial charge is 0.473 e. The Kier molecular flexibility index (Phi) is 4.99. The van der Waals surface area contributed by atoms with Gasteiger partial charge in [0.15, 0.2) is 0 Å². The van der Waals surface area contributed by atoms with Gasteiger partial charge in [0.2, 0.25) is 10.0 Å². The Balaban J connectivity index is 2.00. The lowest BCUT2D eigenvalue weighted by Crippen LogP contribution is -2.52. The Morgan fingerprint density at radius 2 is 2.00 bits per heavy atom. The minimum absolute atomic E-state index is 0.102. The van der Waals surface area contributed by atoms with Crippen molar-refractivity contribution in [1.29, 1.82) is 0 Å². The summed E-state index contributed by atoms with van der Waals surface area (Å²) in [5.41, 5.74) is 0. The van der Waals surface area contributed by atoms with Crippen molar-refractivity contribution in [3.8, 4) is 0 Å². The lowest BCUT2D eigenvalue weighted by Gasteiger charge is -2.30. The van der Waals surface area contributed by atoms with E-state index in [9.17, 15) is 18.2 Å². The van der Waals surface area contributed by atoms with Crippen molar-refractivity contribution in [2.45, 2.75) is 36.2 Å². The molecule has 1 heterocycles. The first-order valence-electron chi connectivity index (χ1n) is 6.51. The molecule has 0 amide bonds. The van der Waals surface area contributed by atoms with Gasteiger partial charge in [0, 0.05) is 0 Å². The van der Waals surface area contributed by atoms with Crippen molar-refractivity contribution in [2.24, 2.45) is 0 Å². The largest absolute Gasteiger partial charge is 0.481 e. The Hall–Kier alpha value is -1.42. The lowest BCUT2D eigenvalue weighted by atomic mass is 9.73. The van der Waals surface area contributed by atoms with E-state index >= 15 is 0 Å². The summed E-state index contributed by atoms with van der Waals surface area (Å²) in [6.45, 7) is 0. The van der Waals surface area contributed by atoms with Gasteiger partial charge in [-0.3, -0.25) is 4.79 Å². The summed E-state index contributed by atoms with van der Waals surface area (Å²) in [4.78, 5) is 10.7. The summed E-state index contributed by atoms with van der Waals surface area (Å²) in [5.74, 6) is -1.81. The summed E-state index contributed by atoms with van der Waals surface area (Å²) in [5, 5.41) is 18.5. The van der Waals surface area contributed by atoms with Crippen LogP contribution in [0.15, 0.2) is 35.2 Å². The van der Waals surface area contributed by atoms with Crippen molar-refractivity contribution in [1.82, 2.24) is 4.72 Å². The lowest BCUT2D eigenvalue weighted by molar-refractivity contribution is -0.139. The molecule has 7 nitrogen and oxygen atoms in total. The molecule has 1 fully saturated rings. The Labute approximate surface area is 123 Å². The standard InChI is InChI=1S/C12H16BNO6S/c15-12(16)8-9-6-7-11(13(17)20-9)14-21(18,19)10-4-2-1-3-5-10/h1-5,9,11,14,17H,6-8H2,(H,15,16). The van der Waals surface area contributed by atoms with Gasteiger partial charge in [-0.15, -0.1) is 0 Å². The molecule has 1 aliphatic heterocycles. The number of hydrogen-bond donors (Lipinski definition) is 3. The molecule has 9 heteroatoms. The van der Waals surface area contributed by atoms with Crippen molar-refractivity contribution >= 4 is 23.1 Å². The number of carboxylic acids is 1. The Morgan fingerprint density at radius 3 is 2.57 bits per heavy atom. The van der Waals surface area contributed by atoms with Crippen LogP contribution >= 0.6 is 0 Å². The van der Waals surface area contributed by atoms with Gasteiger partial charge in [-0.1, -0.05) is 18.2 Å². The number of nitrogens with one attached hydrogen (secondary N) is 1. The highest BCUT2D eigenvalue weighted by molar-refractivity contribution is 7.89. The molecule has 0 saturated carbocycles. The van der Waals surface area contributed by atoms with Gasteiger partial charge in [-0.2, -0.15) is 0 Å². The van der Waals surface area contributed by atoms with Crippen molar-refractivity contribution in [2.75, 3.05) is 0 Å². The van der Waals surface area contributed by atoms with Crippen molar-refractivity contribution in [3.05, 3.63) is 30.3 Å². The number of carbonyl (C=O) groups is 1. The van der Waals surface area contributed by atoms with Crippen LogP contribution in [0.3, 0.4) is 0 Å². The third-order valence-corrected chi connectivity index (χ3v) is 4.74. The number of rotatable bonds is 5. The maximum atomic E-state index is 12.1. The van der Waals surface area contributed by atoms with Gasteiger partial charge < -0.3 is 14.8 Å². The van der Waals surface area contributed by atoms with Crippen LogP contribution in [0.1, 0.15) is 19.3 Å². The molecule has 0 radical (unpaired) electrons. The highest BCUT2D eigenvalue weighted by atomic mass is 32.2.